The Hall–Kier alpha value is -1.95. The van der Waals surface area contributed by atoms with Gasteiger partial charge in [-0.3, -0.25) is 4.79 Å². The number of nitrogens with zero attached hydrogens (tertiary/aromatic N) is 2. The van der Waals surface area contributed by atoms with Gasteiger partial charge in [0.15, 0.2) is 0 Å². The van der Waals surface area contributed by atoms with Gasteiger partial charge in [0.05, 0.1) is 5.56 Å². The van der Waals surface area contributed by atoms with Crippen LogP contribution in [-0.2, 0) is 6.54 Å². The second-order valence-electron chi connectivity index (χ2n) is 4.72. The number of pyridine rings is 1. The summed E-state index contributed by atoms with van der Waals surface area (Å²) in [4.78, 5) is 18.0. The number of hydrogen-bond donors (Lipinski definition) is 1. The first-order valence-electron chi connectivity index (χ1n) is 6.33. The molecule has 2 aromatic rings. The molecule has 1 aromatic carbocycles. The molecule has 6 heteroatoms. The minimum atomic E-state index is -0.550. The number of anilines is 1. The molecule has 1 heterocycles. The molecule has 0 aliphatic rings. The predicted molar refractivity (Wildman–Crippen MR) is 83.8 cm³/mol. The van der Waals surface area contributed by atoms with E-state index in [-0.39, 0.29) is 5.56 Å². The molecule has 0 saturated carbocycles. The van der Waals surface area contributed by atoms with E-state index >= 15 is 0 Å². The molecular weight excluding hydrogens is 337 g/mol. The van der Waals surface area contributed by atoms with Crippen molar-refractivity contribution in [2.75, 3.05) is 19.0 Å². The summed E-state index contributed by atoms with van der Waals surface area (Å²) in [5.41, 5.74) is 0.930. The van der Waals surface area contributed by atoms with Crippen molar-refractivity contribution in [2.24, 2.45) is 0 Å². The van der Waals surface area contributed by atoms with E-state index in [0.717, 1.165) is 11.4 Å². The van der Waals surface area contributed by atoms with E-state index in [4.69, 9.17) is 0 Å². The van der Waals surface area contributed by atoms with Crippen LogP contribution >= 0.6 is 15.9 Å². The average Bonchev–Trinajstić information content (AvgIpc) is 2.45. The fourth-order valence-corrected chi connectivity index (χ4v) is 2.10. The van der Waals surface area contributed by atoms with Gasteiger partial charge in [-0.25, -0.2) is 9.37 Å². The molecule has 0 unspecified atom stereocenters. The Balaban J connectivity index is 2.05. The summed E-state index contributed by atoms with van der Waals surface area (Å²) in [5.74, 6) is -0.189. The molecule has 4 nitrogen and oxygen atoms in total. The lowest BCUT2D eigenvalue weighted by Gasteiger charge is -2.12. The molecule has 2 rings (SSSR count). The summed E-state index contributed by atoms with van der Waals surface area (Å²) < 4.78 is 14.3. The highest BCUT2D eigenvalue weighted by molar-refractivity contribution is 9.10. The molecule has 1 N–H and O–H groups in total. The van der Waals surface area contributed by atoms with Crippen LogP contribution in [0.25, 0.3) is 0 Å². The van der Waals surface area contributed by atoms with Gasteiger partial charge in [-0.1, -0.05) is 15.9 Å². The zero-order valence-electron chi connectivity index (χ0n) is 11.7. The summed E-state index contributed by atoms with van der Waals surface area (Å²) in [7, 11) is 3.78. The molecule has 1 amide bonds. The molecule has 21 heavy (non-hydrogen) atoms. The molecule has 110 valence electrons. The van der Waals surface area contributed by atoms with Crippen molar-refractivity contribution in [3.8, 4) is 0 Å². The van der Waals surface area contributed by atoms with Gasteiger partial charge >= 0.3 is 0 Å². The first kappa shape index (κ1) is 15.4. The highest BCUT2D eigenvalue weighted by Gasteiger charge is 2.11. The number of benzene rings is 1. The van der Waals surface area contributed by atoms with Crippen molar-refractivity contribution in [2.45, 2.75) is 6.54 Å². The number of carbonyl (C=O) groups is 1. The Morgan fingerprint density at radius 3 is 2.76 bits per heavy atom. The van der Waals surface area contributed by atoms with Crippen molar-refractivity contribution in [3.05, 3.63) is 57.9 Å². The molecule has 0 radical (unpaired) electrons. The number of hydrogen-bond acceptors (Lipinski definition) is 3. The van der Waals surface area contributed by atoms with Crippen molar-refractivity contribution >= 4 is 27.7 Å². The van der Waals surface area contributed by atoms with Gasteiger partial charge < -0.3 is 10.2 Å². The van der Waals surface area contributed by atoms with E-state index < -0.39 is 11.7 Å². The predicted octanol–water partition coefficient (Wildman–Crippen LogP) is 2.98. The van der Waals surface area contributed by atoms with Crippen molar-refractivity contribution in [1.82, 2.24) is 10.3 Å². The van der Waals surface area contributed by atoms with Crippen LogP contribution in [0.1, 0.15) is 15.9 Å². The minimum absolute atomic E-state index is 0.0279. The summed E-state index contributed by atoms with van der Waals surface area (Å²) in [6.45, 7) is 0.317. The van der Waals surface area contributed by atoms with Crippen molar-refractivity contribution in [1.29, 1.82) is 0 Å². The summed E-state index contributed by atoms with van der Waals surface area (Å²) in [5, 5.41) is 2.70. The summed E-state index contributed by atoms with van der Waals surface area (Å²) >= 11 is 3.16. The van der Waals surface area contributed by atoms with E-state index in [2.05, 4.69) is 26.2 Å². The second kappa shape index (κ2) is 6.67. The van der Waals surface area contributed by atoms with Crippen LogP contribution in [-0.4, -0.2) is 25.0 Å². The van der Waals surface area contributed by atoms with Crippen LogP contribution in [0, 0.1) is 5.82 Å². The van der Waals surface area contributed by atoms with Crippen LogP contribution in [0.4, 0.5) is 10.2 Å². The lowest BCUT2D eigenvalue weighted by Crippen LogP contribution is -2.24. The topological polar surface area (TPSA) is 45.2 Å². The fraction of sp³-hybridized carbons (Fsp3) is 0.200. The quantitative estimate of drug-likeness (QED) is 0.920. The minimum Gasteiger partial charge on any atom is -0.363 e. The molecule has 0 atom stereocenters. The number of amides is 1. The maximum absolute atomic E-state index is 13.7. The molecule has 0 fully saturated rings. The third-order valence-electron chi connectivity index (χ3n) is 2.90. The van der Waals surface area contributed by atoms with Gasteiger partial charge in [-0.05, 0) is 35.9 Å². The normalized spacial score (nSPS) is 10.3. The first-order valence-corrected chi connectivity index (χ1v) is 7.12. The van der Waals surface area contributed by atoms with Crippen LogP contribution in [0.5, 0.6) is 0 Å². The molecule has 1 aromatic heterocycles. The Morgan fingerprint density at radius 1 is 1.33 bits per heavy atom. The number of nitrogens with one attached hydrogen (secondary N) is 1. The highest BCUT2D eigenvalue weighted by atomic mass is 79.9. The Bertz CT molecular complexity index is 661. The number of halogens is 2. The summed E-state index contributed by atoms with van der Waals surface area (Å²) in [6.07, 6.45) is 1.68. The molecule has 0 aliphatic carbocycles. The van der Waals surface area contributed by atoms with Crippen molar-refractivity contribution < 1.29 is 9.18 Å². The Labute approximate surface area is 131 Å². The monoisotopic (exact) mass is 351 g/mol. The van der Waals surface area contributed by atoms with Crippen LogP contribution in [0.3, 0.4) is 0 Å². The van der Waals surface area contributed by atoms with Gasteiger partial charge in [-0.15, -0.1) is 0 Å². The zero-order chi connectivity index (χ0) is 15.4. The van der Waals surface area contributed by atoms with E-state index in [9.17, 15) is 9.18 Å². The van der Waals surface area contributed by atoms with Gasteiger partial charge in [0.2, 0.25) is 0 Å². The SMILES string of the molecule is CN(C)c1cc(CNC(=O)c2ccc(Br)cc2F)ccn1. The molecule has 0 aliphatic heterocycles. The fourth-order valence-electron chi connectivity index (χ4n) is 1.77. The first-order chi connectivity index (χ1) is 9.97. The van der Waals surface area contributed by atoms with Crippen LogP contribution in [0.15, 0.2) is 41.0 Å². The van der Waals surface area contributed by atoms with E-state index in [1.165, 1.54) is 12.1 Å². The standard InChI is InChI=1S/C15H15BrFN3O/c1-20(2)14-7-10(5-6-18-14)9-19-15(21)12-4-3-11(16)8-13(12)17/h3-8H,9H2,1-2H3,(H,19,21). The summed E-state index contributed by atoms with van der Waals surface area (Å²) in [6, 6.07) is 8.04. The van der Waals surface area contributed by atoms with E-state index in [1.807, 2.05) is 31.1 Å². The number of rotatable bonds is 4. The lowest BCUT2D eigenvalue weighted by atomic mass is 10.2. The smallest absolute Gasteiger partial charge is 0.254 e. The maximum Gasteiger partial charge on any atom is 0.254 e. The number of carbonyl (C=O) groups excluding carboxylic acids is 1. The number of aromatic nitrogens is 1. The third-order valence-corrected chi connectivity index (χ3v) is 3.39. The van der Waals surface area contributed by atoms with Gasteiger partial charge in [0.25, 0.3) is 5.91 Å². The average molecular weight is 352 g/mol. The lowest BCUT2D eigenvalue weighted by molar-refractivity contribution is 0.0947. The van der Waals surface area contributed by atoms with E-state index in [1.54, 1.807) is 12.3 Å². The zero-order valence-corrected chi connectivity index (χ0v) is 13.3. The van der Waals surface area contributed by atoms with Crippen molar-refractivity contribution in [3.63, 3.8) is 0 Å². The van der Waals surface area contributed by atoms with Gasteiger partial charge in [0.1, 0.15) is 11.6 Å². The van der Waals surface area contributed by atoms with Crippen LogP contribution < -0.4 is 10.2 Å². The molecule has 0 spiro atoms. The van der Waals surface area contributed by atoms with Gasteiger partial charge in [0, 0.05) is 31.3 Å². The van der Waals surface area contributed by atoms with Crippen LogP contribution in [0.2, 0.25) is 0 Å². The Morgan fingerprint density at radius 2 is 2.10 bits per heavy atom. The second-order valence-corrected chi connectivity index (χ2v) is 5.64. The molecule has 0 bridgehead atoms. The van der Waals surface area contributed by atoms with Gasteiger partial charge in [-0.2, -0.15) is 0 Å². The molecular formula is C15H15BrFN3O. The maximum atomic E-state index is 13.7. The third kappa shape index (κ3) is 4.01. The van der Waals surface area contributed by atoms with E-state index in [0.29, 0.717) is 11.0 Å². The highest BCUT2D eigenvalue weighted by Crippen LogP contribution is 2.15. The largest absolute Gasteiger partial charge is 0.363 e. The Kier molecular flexibility index (Phi) is 4.90. The molecule has 0 saturated heterocycles.